The number of benzene rings is 2. The van der Waals surface area contributed by atoms with E-state index in [1.807, 2.05) is 24.7 Å². The van der Waals surface area contributed by atoms with E-state index in [9.17, 15) is 0 Å². The summed E-state index contributed by atoms with van der Waals surface area (Å²) in [6.45, 7) is 2.37. The second-order valence-electron chi connectivity index (χ2n) is 8.22. The second-order valence-corrected chi connectivity index (χ2v) is 8.22. The highest BCUT2D eigenvalue weighted by molar-refractivity contribution is 5.79. The van der Waals surface area contributed by atoms with Crippen molar-refractivity contribution in [3.8, 4) is 0 Å². The van der Waals surface area contributed by atoms with Gasteiger partial charge in [-0.25, -0.2) is 0 Å². The van der Waals surface area contributed by atoms with Crippen LogP contribution in [0.5, 0.6) is 0 Å². The van der Waals surface area contributed by atoms with Crippen molar-refractivity contribution in [3.63, 3.8) is 0 Å². The molecule has 3 aliphatic heterocycles. The summed E-state index contributed by atoms with van der Waals surface area (Å²) in [5.74, 6) is 0.990. The molecule has 0 spiro atoms. The van der Waals surface area contributed by atoms with Gasteiger partial charge in [0, 0.05) is 36.1 Å². The molecular formula is C26H27N3. The van der Waals surface area contributed by atoms with Crippen molar-refractivity contribution < 1.29 is 0 Å². The molecule has 0 aliphatic carbocycles. The molecule has 3 aromatic rings. The summed E-state index contributed by atoms with van der Waals surface area (Å²) in [5, 5.41) is 0. The van der Waals surface area contributed by atoms with Gasteiger partial charge < -0.3 is 0 Å². The molecule has 0 saturated carbocycles. The van der Waals surface area contributed by atoms with Crippen molar-refractivity contribution >= 4 is 6.21 Å². The zero-order valence-electron chi connectivity index (χ0n) is 16.6. The Balaban J connectivity index is 1.56. The van der Waals surface area contributed by atoms with Gasteiger partial charge >= 0.3 is 0 Å². The van der Waals surface area contributed by atoms with E-state index in [0.717, 1.165) is 5.56 Å². The number of pyridine rings is 1. The third-order valence-corrected chi connectivity index (χ3v) is 6.57. The molecule has 0 amide bonds. The van der Waals surface area contributed by atoms with Crippen LogP contribution in [0.1, 0.15) is 35.4 Å². The van der Waals surface area contributed by atoms with Crippen LogP contribution in [-0.4, -0.2) is 41.3 Å². The summed E-state index contributed by atoms with van der Waals surface area (Å²) in [7, 11) is 0. The van der Waals surface area contributed by atoms with E-state index < -0.39 is 0 Å². The van der Waals surface area contributed by atoms with E-state index in [-0.39, 0.29) is 0 Å². The largest absolute Gasteiger partial charge is 0.297 e. The molecule has 3 saturated heterocycles. The molecule has 2 atom stereocenters. The normalized spacial score (nSPS) is 26.2. The number of aromatic nitrogens is 1. The molecule has 6 rings (SSSR count). The van der Waals surface area contributed by atoms with E-state index in [1.54, 1.807) is 0 Å². The fourth-order valence-electron chi connectivity index (χ4n) is 5.20. The van der Waals surface area contributed by atoms with Crippen molar-refractivity contribution in [1.82, 2.24) is 9.88 Å². The van der Waals surface area contributed by atoms with Crippen LogP contribution in [-0.2, 0) is 0 Å². The molecule has 3 aliphatic rings. The minimum atomic E-state index is 0.308. The predicted octanol–water partition coefficient (Wildman–Crippen LogP) is 4.80. The van der Waals surface area contributed by atoms with Gasteiger partial charge in [-0.2, -0.15) is 0 Å². The summed E-state index contributed by atoms with van der Waals surface area (Å²) in [6, 6.07) is 26.7. The van der Waals surface area contributed by atoms with Gasteiger partial charge in [0.2, 0.25) is 0 Å². The maximum Gasteiger partial charge on any atom is 0.0693 e. The van der Waals surface area contributed by atoms with Crippen LogP contribution < -0.4 is 0 Å². The SMILES string of the molecule is C(=N[C@@H]1C2CCN(CC2)[C@H]1C(c1ccccc1)c1ccccc1)c1cccnc1. The lowest BCUT2D eigenvalue weighted by Gasteiger charge is -2.52. The molecular weight excluding hydrogens is 354 g/mol. The van der Waals surface area contributed by atoms with Crippen LogP contribution in [0.15, 0.2) is 90.2 Å². The first-order valence-electron chi connectivity index (χ1n) is 10.7. The van der Waals surface area contributed by atoms with Crippen LogP contribution in [0.3, 0.4) is 0 Å². The first kappa shape index (κ1) is 18.3. The fourth-order valence-corrected chi connectivity index (χ4v) is 5.20. The Morgan fingerprint density at radius 3 is 2.10 bits per heavy atom. The summed E-state index contributed by atoms with van der Waals surface area (Å²) < 4.78 is 0. The minimum Gasteiger partial charge on any atom is -0.297 e. The molecule has 3 fully saturated rings. The lowest BCUT2D eigenvalue weighted by atomic mass is 9.71. The number of hydrogen-bond acceptors (Lipinski definition) is 3. The standard InChI is InChI=1S/C26H27N3/c1-3-9-21(10-4-1)24(22-11-5-2-6-12-22)26-25(23-13-16-29(26)17-14-23)28-19-20-8-7-15-27-18-20/h1-12,15,18-19,23-26H,13-14,16-17H2/t25-,26+/m1/s1. The lowest BCUT2D eigenvalue weighted by Crippen LogP contribution is -2.59. The van der Waals surface area contributed by atoms with Crippen molar-refractivity contribution in [3.05, 3.63) is 102 Å². The quantitative estimate of drug-likeness (QED) is 0.594. The van der Waals surface area contributed by atoms with E-state index in [1.165, 1.54) is 37.1 Å². The molecule has 2 bridgehead atoms. The summed E-state index contributed by atoms with van der Waals surface area (Å²) >= 11 is 0. The van der Waals surface area contributed by atoms with Gasteiger partial charge in [-0.05, 0) is 49.0 Å². The molecule has 1 aromatic heterocycles. The molecule has 0 unspecified atom stereocenters. The van der Waals surface area contributed by atoms with E-state index in [0.29, 0.717) is 23.9 Å². The maximum absolute atomic E-state index is 5.18. The highest BCUT2D eigenvalue weighted by atomic mass is 15.2. The maximum atomic E-state index is 5.18. The van der Waals surface area contributed by atoms with Gasteiger partial charge in [0.15, 0.2) is 0 Å². The van der Waals surface area contributed by atoms with Crippen LogP contribution in [0.4, 0.5) is 0 Å². The fraction of sp³-hybridized carbons (Fsp3) is 0.308. The first-order valence-corrected chi connectivity index (χ1v) is 10.7. The Hall–Kier alpha value is -2.78. The van der Waals surface area contributed by atoms with Crippen molar-refractivity contribution in [2.24, 2.45) is 10.9 Å². The summed E-state index contributed by atoms with van der Waals surface area (Å²) in [6.07, 6.45) is 8.25. The van der Waals surface area contributed by atoms with Crippen LogP contribution in [0, 0.1) is 5.92 Å². The Bertz CT molecular complexity index is 892. The summed E-state index contributed by atoms with van der Waals surface area (Å²) in [5.41, 5.74) is 3.86. The number of piperidine rings is 3. The van der Waals surface area contributed by atoms with Crippen molar-refractivity contribution in [1.29, 1.82) is 0 Å². The first-order chi connectivity index (χ1) is 14.4. The van der Waals surface area contributed by atoms with Gasteiger partial charge in [-0.3, -0.25) is 14.9 Å². The Morgan fingerprint density at radius 2 is 1.52 bits per heavy atom. The Labute approximate surface area is 173 Å². The van der Waals surface area contributed by atoms with Gasteiger partial charge in [-0.1, -0.05) is 66.7 Å². The van der Waals surface area contributed by atoms with Crippen LogP contribution >= 0.6 is 0 Å². The number of rotatable bonds is 5. The molecule has 146 valence electrons. The predicted molar refractivity (Wildman–Crippen MR) is 118 cm³/mol. The van der Waals surface area contributed by atoms with Crippen LogP contribution in [0.25, 0.3) is 0 Å². The zero-order valence-corrected chi connectivity index (χ0v) is 16.6. The topological polar surface area (TPSA) is 28.5 Å². The molecule has 3 heteroatoms. The lowest BCUT2D eigenvalue weighted by molar-refractivity contribution is 0.0215. The third kappa shape index (κ3) is 3.75. The zero-order chi connectivity index (χ0) is 19.5. The Kier molecular flexibility index (Phi) is 5.23. The number of hydrogen-bond donors (Lipinski definition) is 0. The Morgan fingerprint density at radius 1 is 0.862 bits per heavy atom. The highest BCUT2D eigenvalue weighted by Gasteiger charge is 2.46. The third-order valence-electron chi connectivity index (χ3n) is 6.57. The highest BCUT2D eigenvalue weighted by Crippen LogP contribution is 2.43. The molecule has 29 heavy (non-hydrogen) atoms. The van der Waals surface area contributed by atoms with E-state index >= 15 is 0 Å². The molecule has 3 nitrogen and oxygen atoms in total. The average Bonchev–Trinajstić information content (AvgIpc) is 2.81. The molecule has 0 radical (unpaired) electrons. The van der Waals surface area contributed by atoms with Crippen LogP contribution in [0.2, 0.25) is 0 Å². The van der Waals surface area contributed by atoms with Gasteiger partial charge in [-0.15, -0.1) is 0 Å². The van der Waals surface area contributed by atoms with Crippen molar-refractivity contribution in [2.45, 2.75) is 30.8 Å². The summed E-state index contributed by atoms with van der Waals surface area (Å²) in [4.78, 5) is 12.1. The van der Waals surface area contributed by atoms with Gasteiger partial charge in [0.1, 0.15) is 0 Å². The van der Waals surface area contributed by atoms with Crippen molar-refractivity contribution in [2.75, 3.05) is 13.1 Å². The smallest absolute Gasteiger partial charge is 0.0693 e. The van der Waals surface area contributed by atoms with E-state index in [2.05, 4.69) is 76.6 Å². The van der Waals surface area contributed by atoms with E-state index in [4.69, 9.17) is 4.99 Å². The average molecular weight is 382 g/mol. The number of fused-ring (bicyclic) bond motifs is 3. The minimum absolute atomic E-state index is 0.308. The number of nitrogens with zero attached hydrogens (tertiary/aromatic N) is 3. The number of aliphatic imine (C=N–C) groups is 1. The molecule has 2 aromatic carbocycles. The molecule has 4 heterocycles. The van der Waals surface area contributed by atoms with Gasteiger partial charge in [0.05, 0.1) is 6.04 Å². The van der Waals surface area contributed by atoms with Gasteiger partial charge in [0.25, 0.3) is 0 Å². The second kappa shape index (κ2) is 8.30. The monoisotopic (exact) mass is 381 g/mol. The molecule has 0 N–H and O–H groups in total.